The van der Waals surface area contributed by atoms with E-state index in [0.717, 1.165) is 11.3 Å². The van der Waals surface area contributed by atoms with Crippen LogP contribution < -0.4 is 5.73 Å². The quantitative estimate of drug-likeness (QED) is 0.615. The molecule has 17 heavy (non-hydrogen) atoms. The van der Waals surface area contributed by atoms with Crippen LogP contribution in [0, 0.1) is 6.92 Å². The molecular weight excluding hydrogens is 220 g/mol. The highest BCUT2D eigenvalue weighted by atomic mass is 16.5. The van der Waals surface area contributed by atoms with Gasteiger partial charge >= 0.3 is 5.97 Å². The number of nitrogen functional groups attached to an aromatic ring is 1. The Morgan fingerprint density at radius 3 is 2.88 bits per heavy atom. The highest BCUT2D eigenvalue weighted by Gasteiger charge is 2.11. The number of ether oxygens (including phenoxy) is 1. The Morgan fingerprint density at radius 1 is 1.47 bits per heavy atom. The second-order valence-electron chi connectivity index (χ2n) is 3.55. The molecule has 6 heteroatoms. The van der Waals surface area contributed by atoms with Crippen molar-refractivity contribution in [3.05, 3.63) is 35.9 Å². The van der Waals surface area contributed by atoms with Crippen molar-refractivity contribution in [2.24, 2.45) is 0 Å². The van der Waals surface area contributed by atoms with Crippen LogP contribution in [0.4, 0.5) is 5.69 Å². The smallest absolute Gasteiger partial charge is 0.377 e. The van der Waals surface area contributed by atoms with Gasteiger partial charge in [0.2, 0.25) is 0 Å². The largest absolute Gasteiger partial charge is 0.463 e. The van der Waals surface area contributed by atoms with Gasteiger partial charge in [0.25, 0.3) is 5.82 Å². The number of hydrogen-bond donors (Lipinski definition) is 1. The van der Waals surface area contributed by atoms with Gasteiger partial charge in [-0.3, -0.25) is 0 Å². The zero-order valence-corrected chi connectivity index (χ0v) is 9.54. The van der Waals surface area contributed by atoms with Crippen LogP contribution in [-0.4, -0.2) is 27.8 Å². The van der Waals surface area contributed by atoms with Gasteiger partial charge in [-0.1, -0.05) is 0 Å². The molecule has 0 aliphatic heterocycles. The van der Waals surface area contributed by atoms with E-state index in [-0.39, 0.29) is 5.82 Å². The molecule has 2 aromatic rings. The summed E-state index contributed by atoms with van der Waals surface area (Å²) in [7, 11) is 1.29. The number of aryl methyl sites for hydroxylation is 1. The third-order valence-corrected chi connectivity index (χ3v) is 2.38. The van der Waals surface area contributed by atoms with Crippen LogP contribution in [0.3, 0.4) is 0 Å². The number of rotatable bonds is 2. The van der Waals surface area contributed by atoms with E-state index >= 15 is 0 Å². The third kappa shape index (κ3) is 2.10. The first kappa shape index (κ1) is 11.1. The molecule has 0 saturated carbocycles. The summed E-state index contributed by atoms with van der Waals surface area (Å²) in [6.45, 7) is 1.90. The summed E-state index contributed by atoms with van der Waals surface area (Å²) in [6, 6.07) is 5.45. The first-order chi connectivity index (χ1) is 8.11. The minimum Gasteiger partial charge on any atom is -0.463 e. The maximum atomic E-state index is 11.2. The van der Waals surface area contributed by atoms with Crippen LogP contribution in [0.15, 0.2) is 24.5 Å². The molecule has 0 amide bonds. The predicted octanol–water partition coefficient (Wildman–Crippen LogP) is 0.945. The number of esters is 1. The standard InChI is InChI=1S/C11H12N4O2/c1-7-5-8(3-4-9(7)12)15-6-13-10(14-15)11(16)17-2/h3-6H,12H2,1-2H3. The predicted molar refractivity (Wildman–Crippen MR) is 61.8 cm³/mol. The molecule has 0 fully saturated rings. The summed E-state index contributed by atoms with van der Waals surface area (Å²) >= 11 is 0. The molecule has 1 aromatic carbocycles. The maximum absolute atomic E-state index is 11.2. The lowest BCUT2D eigenvalue weighted by molar-refractivity contribution is 0.0587. The van der Waals surface area contributed by atoms with E-state index in [1.165, 1.54) is 18.1 Å². The van der Waals surface area contributed by atoms with Crippen molar-refractivity contribution in [2.45, 2.75) is 6.92 Å². The van der Waals surface area contributed by atoms with E-state index in [1.54, 1.807) is 12.1 Å². The molecule has 6 nitrogen and oxygen atoms in total. The van der Waals surface area contributed by atoms with E-state index < -0.39 is 5.97 Å². The van der Waals surface area contributed by atoms with Crippen molar-refractivity contribution in [1.29, 1.82) is 0 Å². The lowest BCUT2D eigenvalue weighted by Gasteiger charge is -2.03. The molecular formula is C11H12N4O2. The number of anilines is 1. The molecule has 0 atom stereocenters. The van der Waals surface area contributed by atoms with Gasteiger partial charge in [0.1, 0.15) is 6.33 Å². The van der Waals surface area contributed by atoms with Crippen molar-refractivity contribution in [3.8, 4) is 5.69 Å². The average Bonchev–Trinajstić information content (AvgIpc) is 2.81. The van der Waals surface area contributed by atoms with Crippen LogP contribution in [0.5, 0.6) is 0 Å². The van der Waals surface area contributed by atoms with E-state index in [0.29, 0.717) is 5.69 Å². The molecule has 0 spiro atoms. The van der Waals surface area contributed by atoms with Crippen molar-refractivity contribution >= 4 is 11.7 Å². The van der Waals surface area contributed by atoms with Gasteiger partial charge in [-0.05, 0) is 30.7 Å². The van der Waals surface area contributed by atoms with Gasteiger partial charge in [0, 0.05) is 5.69 Å². The van der Waals surface area contributed by atoms with E-state index in [1.807, 2.05) is 13.0 Å². The topological polar surface area (TPSA) is 83.0 Å². The van der Waals surface area contributed by atoms with Gasteiger partial charge in [-0.15, -0.1) is 5.10 Å². The maximum Gasteiger partial charge on any atom is 0.377 e. The number of aromatic nitrogens is 3. The summed E-state index contributed by atoms with van der Waals surface area (Å²) in [4.78, 5) is 15.1. The summed E-state index contributed by atoms with van der Waals surface area (Å²) in [5.74, 6) is -0.530. The fraction of sp³-hybridized carbons (Fsp3) is 0.182. The number of methoxy groups -OCH3 is 1. The molecule has 2 N–H and O–H groups in total. The molecule has 1 heterocycles. The van der Waals surface area contributed by atoms with Crippen molar-refractivity contribution in [2.75, 3.05) is 12.8 Å². The zero-order chi connectivity index (χ0) is 12.4. The number of hydrogen-bond acceptors (Lipinski definition) is 5. The third-order valence-electron chi connectivity index (χ3n) is 2.38. The molecule has 88 valence electrons. The van der Waals surface area contributed by atoms with Crippen LogP contribution in [0.2, 0.25) is 0 Å². The summed E-state index contributed by atoms with van der Waals surface area (Å²) in [6.07, 6.45) is 1.46. The minimum atomic E-state index is -0.559. The van der Waals surface area contributed by atoms with E-state index in [4.69, 9.17) is 5.73 Å². The van der Waals surface area contributed by atoms with Gasteiger partial charge in [0.15, 0.2) is 0 Å². The molecule has 0 saturated heterocycles. The van der Waals surface area contributed by atoms with Crippen LogP contribution in [-0.2, 0) is 4.74 Å². The number of nitrogens with zero attached hydrogens (tertiary/aromatic N) is 3. The number of benzene rings is 1. The number of carbonyl (C=O) groups is 1. The lowest BCUT2D eigenvalue weighted by atomic mass is 10.2. The highest BCUT2D eigenvalue weighted by molar-refractivity contribution is 5.84. The number of carbonyl (C=O) groups excluding carboxylic acids is 1. The van der Waals surface area contributed by atoms with Gasteiger partial charge in [0.05, 0.1) is 12.8 Å². The van der Waals surface area contributed by atoms with Crippen LogP contribution in [0.25, 0.3) is 5.69 Å². The van der Waals surface area contributed by atoms with Gasteiger partial charge in [-0.2, -0.15) is 0 Å². The summed E-state index contributed by atoms with van der Waals surface area (Å²) in [5.41, 5.74) is 8.17. The Hall–Kier alpha value is -2.37. The Bertz CT molecular complexity index is 562. The molecule has 0 aliphatic rings. The molecule has 2 rings (SSSR count). The van der Waals surface area contributed by atoms with Gasteiger partial charge < -0.3 is 10.5 Å². The Kier molecular flexibility index (Phi) is 2.78. The van der Waals surface area contributed by atoms with Crippen molar-refractivity contribution in [1.82, 2.24) is 14.8 Å². The van der Waals surface area contributed by atoms with Crippen LogP contribution >= 0.6 is 0 Å². The Labute approximate surface area is 98.0 Å². The first-order valence-electron chi connectivity index (χ1n) is 4.98. The summed E-state index contributed by atoms with van der Waals surface area (Å²) in [5, 5.41) is 4.01. The lowest BCUT2D eigenvalue weighted by Crippen LogP contribution is -2.05. The summed E-state index contributed by atoms with van der Waals surface area (Å²) < 4.78 is 6.03. The molecule has 1 aromatic heterocycles. The molecule has 0 unspecified atom stereocenters. The van der Waals surface area contributed by atoms with Gasteiger partial charge in [-0.25, -0.2) is 14.5 Å². The zero-order valence-electron chi connectivity index (χ0n) is 9.54. The molecule has 0 aliphatic carbocycles. The van der Waals surface area contributed by atoms with Crippen LogP contribution in [0.1, 0.15) is 16.2 Å². The second-order valence-corrected chi connectivity index (χ2v) is 3.55. The Morgan fingerprint density at radius 2 is 2.24 bits per heavy atom. The van der Waals surface area contributed by atoms with E-state index in [9.17, 15) is 4.79 Å². The fourth-order valence-corrected chi connectivity index (χ4v) is 1.37. The number of nitrogens with two attached hydrogens (primary N) is 1. The van der Waals surface area contributed by atoms with E-state index in [2.05, 4.69) is 14.8 Å². The average molecular weight is 232 g/mol. The molecule has 0 bridgehead atoms. The normalized spacial score (nSPS) is 10.2. The monoisotopic (exact) mass is 232 g/mol. The first-order valence-corrected chi connectivity index (χ1v) is 4.98. The highest BCUT2D eigenvalue weighted by Crippen LogP contribution is 2.15. The SMILES string of the molecule is COC(=O)c1ncn(-c2ccc(N)c(C)c2)n1. The Balaban J connectivity index is 2.37. The fourth-order valence-electron chi connectivity index (χ4n) is 1.37. The molecule has 0 radical (unpaired) electrons. The minimum absolute atomic E-state index is 0.0296. The van der Waals surface area contributed by atoms with Crippen molar-refractivity contribution < 1.29 is 9.53 Å². The second kappa shape index (κ2) is 4.25. The van der Waals surface area contributed by atoms with Crippen molar-refractivity contribution in [3.63, 3.8) is 0 Å².